The Hall–Kier alpha value is -0.220. The standard InChI is InChI=1S/C8H8BrFOS/c9-6-3-5(1-2-12)8(11)7(10)4-6/h3-4,11-12H,1-2H2. The van der Waals surface area contributed by atoms with Gasteiger partial charge in [-0.05, 0) is 29.9 Å². The van der Waals surface area contributed by atoms with Gasteiger partial charge in [-0.3, -0.25) is 0 Å². The average molecular weight is 251 g/mol. The van der Waals surface area contributed by atoms with Crippen LogP contribution in [-0.4, -0.2) is 10.9 Å². The Balaban J connectivity index is 3.09. The van der Waals surface area contributed by atoms with Gasteiger partial charge in [-0.1, -0.05) is 15.9 Å². The van der Waals surface area contributed by atoms with Crippen LogP contribution in [0.2, 0.25) is 0 Å². The minimum absolute atomic E-state index is 0.271. The van der Waals surface area contributed by atoms with E-state index in [0.29, 0.717) is 22.2 Å². The van der Waals surface area contributed by atoms with Crippen LogP contribution >= 0.6 is 28.6 Å². The molecule has 0 spiro atoms. The van der Waals surface area contributed by atoms with Gasteiger partial charge in [0, 0.05) is 4.47 Å². The largest absolute Gasteiger partial charge is 0.505 e. The van der Waals surface area contributed by atoms with Crippen molar-refractivity contribution in [3.05, 3.63) is 28.0 Å². The van der Waals surface area contributed by atoms with Crippen LogP contribution in [0.25, 0.3) is 0 Å². The van der Waals surface area contributed by atoms with Gasteiger partial charge in [-0.25, -0.2) is 4.39 Å². The predicted molar refractivity (Wildman–Crippen MR) is 53.3 cm³/mol. The molecule has 0 unspecified atom stereocenters. The highest BCUT2D eigenvalue weighted by Gasteiger charge is 2.07. The monoisotopic (exact) mass is 250 g/mol. The summed E-state index contributed by atoms with van der Waals surface area (Å²) in [6.45, 7) is 0. The first-order chi connectivity index (χ1) is 5.65. The summed E-state index contributed by atoms with van der Waals surface area (Å²) >= 11 is 7.14. The number of phenolic OH excluding ortho intramolecular Hbond substituents is 1. The third-order valence-electron chi connectivity index (χ3n) is 1.49. The molecule has 1 aromatic carbocycles. The van der Waals surface area contributed by atoms with Gasteiger partial charge in [-0.15, -0.1) is 0 Å². The fraction of sp³-hybridized carbons (Fsp3) is 0.250. The summed E-state index contributed by atoms with van der Waals surface area (Å²) in [5.74, 6) is -0.280. The molecule has 0 atom stereocenters. The van der Waals surface area contributed by atoms with Crippen molar-refractivity contribution >= 4 is 28.6 Å². The van der Waals surface area contributed by atoms with Crippen LogP contribution < -0.4 is 0 Å². The molecule has 0 aliphatic rings. The molecule has 0 bridgehead atoms. The number of phenols is 1. The van der Waals surface area contributed by atoms with Crippen molar-refractivity contribution in [2.24, 2.45) is 0 Å². The van der Waals surface area contributed by atoms with Crippen LogP contribution in [0.5, 0.6) is 5.75 Å². The number of aryl methyl sites for hydroxylation is 1. The lowest BCUT2D eigenvalue weighted by molar-refractivity contribution is 0.426. The minimum Gasteiger partial charge on any atom is -0.505 e. The van der Waals surface area contributed by atoms with Crippen LogP contribution in [0.4, 0.5) is 4.39 Å². The molecule has 0 saturated carbocycles. The maximum Gasteiger partial charge on any atom is 0.166 e. The van der Waals surface area contributed by atoms with Crippen LogP contribution in [-0.2, 0) is 6.42 Å². The zero-order valence-electron chi connectivity index (χ0n) is 6.22. The summed E-state index contributed by atoms with van der Waals surface area (Å²) < 4.78 is 13.5. The zero-order chi connectivity index (χ0) is 9.14. The fourth-order valence-electron chi connectivity index (χ4n) is 0.930. The number of halogens is 2. The quantitative estimate of drug-likeness (QED) is 0.774. The number of hydrogen-bond acceptors (Lipinski definition) is 2. The first-order valence-electron chi connectivity index (χ1n) is 3.43. The Morgan fingerprint density at radius 1 is 1.50 bits per heavy atom. The summed E-state index contributed by atoms with van der Waals surface area (Å²) in [6.07, 6.45) is 0.561. The number of benzene rings is 1. The highest BCUT2D eigenvalue weighted by Crippen LogP contribution is 2.26. The second-order valence-corrected chi connectivity index (χ2v) is 3.73. The van der Waals surface area contributed by atoms with E-state index in [9.17, 15) is 9.50 Å². The van der Waals surface area contributed by atoms with Gasteiger partial charge in [-0.2, -0.15) is 12.6 Å². The van der Waals surface area contributed by atoms with Crippen LogP contribution in [0, 0.1) is 5.82 Å². The van der Waals surface area contributed by atoms with Gasteiger partial charge in [0.2, 0.25) is 0 Å². The van der Waals surface area contributed by atoms with Gasteiger partial charge in [0.1, 0.15) is 0 Å². The number of aromatic hydroxyl groups is 1. The lowest BCUT2D eigenvalue weighted by Gasteiger charge is -2.03. The molecule has 0 fully saturated rings. The Morgan fingerprint density at radius 3 is 2.75 bits per heavy atom. The normalized spacial score (nSPS) is 10.2. The third kappa shape index (κ3) is 2.14. The van der Waals surface area contributed by atoms with Gasteiger partial charge in [0.15, 0.2) is 11.6 Å². The van der Waals surface area contributed by atoms with E-state index in [1.807, 2.05) is 0 Å². The van der Waals surface area contributed by atoms with E-state index in [1.54, 1.807) is 6.07 Å². The lowest BCUT2D eigenvalue weighted by atomic mass is 10.1. The summed E-state index contributed by atoms with van der Waals surface area (Å²) in [6, 6.07) is 2.92. The van der Waals surface area contributed by atoms with Crippen molar-refractivity contribution in [1.82, 2.24) is 0 Å². The molecule has 1 nitrogen and oxygen atoms in total. The molecule has 0 aliphatic heterocycles. The topological polar surface area (TPSA) is 20.2 Å². The van der Waals surface area contributed by atoms with E-state index in [0.717, 1.165) is 0 Å². The molecule has 4 heteroatoms. The Kier molecular flexibility index (Phi) is 3.40. The second kappa shape index (κ2) is 4.14. The van der Waals surface area contributed by atoms with E-state index in [4.69, 9.17) is 0 Å². The molecule has 0 radical (unpaired) electrons. The third-order valence-corrected chi connectivity index (χ3v) is 2.17. The number of rotatable bonds is 2. The molecule has 1 N–H and O–H groups in total. The van der Waals surface area contributed by atoms with Crippen LogP contribution in [0.15, 0.2) is 16.6 Å². The Morgan fingerprint density at radius 2 is 2.17 bits per heavy atom. The van der Waals surface area contributed by atoms with E-state index in [1.165, 1.54) is 6.07 Å². The fourth-order valence-corrected chi connectivity index (χ4v) is 1.65. The SMILES string of the molecule is Oc1c(F)cc(Br)cc1CCS. The van der Waals surface area contributed by atoms with Crippen LogP contribution in [0.1, 0.15) is 5.56 Å². The van der Waals surface area contributed by atoms with Crippen molar-refractivity contribution in [2.75, 3.05) is 5.75 Å². The maximum atomic E-state index is 12.9. The summed E-state index contributed by atoms with van der Waals surface area (Å²) in [7, 11) is 0. The first kappa shape index (κ1) is 9.86. The van der Waals surface area contributed by atoms with Gasteiger partial charge in [0.25, 0.3) is 0 Å². The zero-order valence-corrected chi connectivity index (χ0v) is 8.70. The minimum atomic E-state index is -0.596. The van der Waals surface area contributed by atoms with Crippen molar-refractivity contribution in [2.45, 2.75) is 6.42 Å². The summed E-state index contributed by atoms with van der Waals surface area (Å²) in [5.41, 5.74) is 0.580. The molecule has 12 heavy (non-hydrogen) atoms. The molecule has 0 heterocycles. The lowest BCUT2D eigenvalue weighted by Crippen LogP contribution is -1.90. The van der Waals surface area contributed by atoms with E-state index < -0.39 is 5.82 Å². The molecule has 0 aromatic heterocycles. The molecule has 0 saturated heterocycles. The average Bonchev–Trinajstić information content (AvgIpc) is 2.00. The Bertz CT molecular complexity index is 291. The van der Waals surface area contributed by atoms with E-state index >= 15 is 0 Å². The molecular weight excluding hydrogens is 243 g/mol. The van der Waals surface area contributed by atoms with Crippen molar-refractivity contribution < 1.29 is 9.50 Å². The first-order valence-corrected chi connectivity index (χ1v) is 4.85. The molecular formula is C8H8BrFOS. The molecule has 0 amide bonds. The Labute approximate surface area is 84.1 Å². The summed E-state index contributed by atoms with van der Waals surface area (Å²) in [5, 5.41) is 9.22. The van der Waals surface area contributed by atoms with Crippen molar-refractivity contribution in [3.63, 3.8) is 0 Å². The molecule has 0 aliphatic carbocycles. The predicted octanol–water partition coefficient (Wildman–Crippen LogP) is 2.77. The van der Waals surface area contributed by atoms with E-state index in [-0.39, 0.29) is 5.75 Å². The van der Waals surface area contributed by atoms with Crippen LogP contribution in [0.3, 0.4) is 0 Å². The molecule has 1 aromatic rings. The van der Waals surface area contributed by atoms with E-state index in [2.05, 4.69) is 28.6 Å². The molecule has 66 valence electrons. The summed E-state index contributed by atoms with van der Waals surface area (Å²) in [4.78, 5) is 0. The van der Waals surface area contributed by atoms with Gasteiger partial charge >= 0.3 is 0 Å². The maximum absolute atomic E-state index is 12.9. The van der Waals surface area contributed by atoms with Gasteiger partial charge < -0.3 is 5.11 Å². The van der Waals surface area contributed by atoms with Crippen molar-refractivity contribution in [3.8, 4) is 5.75 Å². The highest BCUT2D eigenvalue weighted by molar-refractivity contribution is 9.10. The van der Waals surface area contributed by atoms with Gasteiger partial charge in [0.05, 0.1) is 0 Å². The number of thiol groups is 1. The highest BCUT2D eigenvalue weighted by atomic mass is 79.9. The van der Waals surface area contributed by atoms with Crippen molar-refractivity contribution in [1.29, 1.82) is 0 Å². The second-order valence-electron chi connectivity index (χ2n) is 2.37. The molecule has 1 rings (SSSR count). The number of hydrogen-bond donors (Lipinski definition) is 2. The smallest absolute Gasteiger partial charge is 0.166 e.